The molecule has 0 aromatic heterocycles. The van der Waals surface area contributed by atoms with Crippen molar-refractivity contribution in [2.75, 3.05) is 13.1 Å². The molecule has 1 heterocycles. The Hall–Kier alpha value is -1.79. The monoisotopic (exact) mass is 229 g/mol. The second-order valence-corrected chi connectivity index (χ2v) is 4.13. The van der Waals surface area contributed by atoms with Gasteiger partial charge in [-0.05, 0) is 25.0 Å². The maximum atomic E-state index is 11.0. The van der Waals surface area contributed by atoms with E-state index in [1.54, 1.807) is 0 Å². The zero-order chi connectivity index (χ0) is 12.1. The van der Waals surface area contributed by atoms with E-state index in [1.807, 2.05) is 35.2 Å². The van der Waals surface area contributed by atoms with Gasteiger partial charge < -0.3 is 5.11 Å². The number of nitrogens with zero attached hydrogens (tertiary/aromatic N) is 1. The molecule has 0 amide bonds. The highest BCUT2D eigenvalue weighted by atomic mass is 16.4. The smallest absolute Gasteiger partial charge is 0.320 e. The Bertz CT molecular complexity index is 444. The fourth-order valence-electron chi connectivity index (χ4n) is 2.06. The van der Waals surface area contributed by atoms with E-state index in [2.05, 4.69) is 11.8 Å². The molecule has 2 rings (SSSR count). The molecule has 1 aliphatic heterocycles. The normalized spacial score (nSPS) is 19.6. The van der Waals surface area contributed by atoms with Crippen molar-refractivity contribution in [1.29, 1.82) is 0 Å². The van der Waals surface area contributed by atoms with Gasteiger partial charge in [0.1, 0.15) is 6.04 Å². The summed E-state index contributed by atoms with van der Waals surface area (Å²) in [4.78, 5) is 12.9. The van der Waals surface area contributed by atoms with Crippen molar-refractivity contribution in [3.05, 3.63) is 35.9 Å². The van der Waals surface area contributed by atoms with Crippen LogP contribution < -0.4 is 0 Å². The summed E-state index contributed by atoms with van der Waals surface area (Å²) in [6.45, 7) is 1.37. The van der Waals surface area contributed by atoms with E-state index in [-0.39, 0.29) is 6.04 Å². The lowest BCUT2D eigenvalue weighted by molar-refractivity contribution is -0.141. The average molecular weight is 229 g/mol. The van der Waals surface area contributed by atoms with Crippen LogP contribution in [0.1, 0.15) is 18.4 Å². The Morgan fingerprint density at radius 2 is 2.18 bits per heavy atom. The number of benzene rings is 1. The maximum Gasteiger partial charge on any atom is 0.320 e. The Labute approximate surface area is 101 Å². The first-order valence-corrected chi connectivity index (χ1v) is 5.78. The molecule has 1 atom stereocenters. The first-order chi connectivity index (χ1) is 8.27. The van der Waals surface area contributed by atoms with Gasteiger partial charge in [0, 0.05) is 12.1 Å². The predicted molar refractivity (Wildman–Crippen MR) is 65.6 cm³/mol. The van der Waals surface area contributed by atoms with E-state index >= 15 is 0 Å². The molecule has 1 saturated heterocycles. The number of aliphatic carboxylic acids is 1. The number of carboxylic acids is 1. The molecule has 0 radical (unpaired) electrons. The average Bonchev–Trinajstić information content (AvgIpc) is 2.79. The van der Waals surface area contributed by atoms with Crippen molar-refractivity contribution in [3.8, 4) is 11.8 Å². The Balaban J connectivity index is 1.94. The molecule has 1 N–H and O–H groups in total. The van der Waals surface area contributed by atoms with Crippen molar-refractivity contribution in [2.24, 2.45) is 0 Å². The van der Waals surface area contributed by atoms with Gasteiger partial charge in [-0.25, -0.2) is 0 Å². The summed E-state index contributed by atoms with van der Waals surface area (Å²) in [5.41, 5.74) is 0.971. The molecule has 88 valence electrons. The van der Waals surface area contributed by atoms with Crippen LogP contribution in [0.2, 0.25) is 0 Å². The van der Waals surface area contributed by atoms with Gasteiger partial charge in [-0.3, -0.25) is 9.69 Å². The standard InChI is InChI=1S/C14H15NO2/c16-14(17)13-9-5-11-15(13)10-4-8-12-6-2-1-3-7-12/h1-3,6-7,13H,5,9-11H2,(H,16,17). The van der Waals surface area contributed by atoms with Crippen LogP contribution >= 0.6 is 0 Å². The molecule has 1 aromatic rings. The minimum atomic E-state index is -0.732. The number of rotatable bonds is 2. The van der Waals surface area contributed by atoms with Crippen molar-refractivity contribution in [3.63, 3.8) is 0 Å². The van der Waals surface area contributed by atoms with Crippen LogP contribution in [0.4, 0.5) is 0 Å². The first kappa shape index (κ1) is 11.7. The Kier molecular flexibility index (Phi) is 3.79. The van der Waals surface area contributed by atoms with E-state index in [0.717, 1.165) is 24.9 Å². The van der Waals surface area contributed by atoms with E-state index < -0.39 is 5.97 Å². The van der Waals surface area contributed by atoms with Gasteiger partial charge in [0.2, 0.25) is 0 Å². The SMILES string of the molecule is O=C(O)C1CCCN1CC#Cc1ccccc1. The van der Waals surface area contributed by atoms with E-state index in [1.165, 1.54) is 0 Å². The third-order valence-electron chi connectivity index (χ3n) is 2.94. The number of carbonyl (C=O) groups is 1. The highest BCUT2D eigenvalue weighted by Gasteiger charge is 2.29. The number of carboxylic acid groups (broad SMARTS) is 1. The predicted octanol–water partition coefficient (Wildman–Crippen LogP) is 1.59. The minimum absolute atomic E-state index is 0.347. The van der Waals surface area contributed by atoms with Crippen LogP contribution in [0.3, 0.4) is 0 Å². The lowest BCUT2D eigenvalue weighted by Gasteiger charge is -2.17. The second kappa shape index (κ2) is 5.51. The molecule has 17 heavy (non-hydrogen) atoms. The highest BCUT2D eigenvalue weighted by Crippen LogP contribution is 2.16. The van der Waals surface area contributed by atoms with Crippen LogP contribution in [-0.4, -0.2) is 35.1 Å². The van der Waals surface area contributed by atoms with Crippen molar-refractivity contribution in [2.45, 2.75) is 18.9 Å². The maximum absolute atomic E-state index is 11.0. The Morgan fingerprint density at radius 3 is 2.88 bits per heavy atom. The van der Waals surface area contributed by atoms with Crippen LogP contribution in [0.15, 0.2) is 30.3 Å². The van der Waals surface area contributed by atoms with Gasteiger partial charge in [-0.15, -0.1) is 0 Å². The fourth-order valence-corrected chi connectivity index (χ4v) is 2.06. The third kappa shape index (κ3) is 3.08. The van der Waals surface area contributed by atoms with Gasteiger partial charge >= 0.3 is 5.97 Å². The molecule has 1 unspecified atom stereocenters. The lowest BCUT2D eigenvalue weighted by Crippen LogP contribution is -2.36. The molecule has 0 aliphatic carbocycles. The first-order valence-electron chi connectivity index (χ1n) is 5.78. The summed E-state index contributed by atoms with van der Waals surface area (Å²) < 4.78 is 0. The summed E-state index contributed by atoms with van der Waals surface area (Å²) in [7, 11) is 0. The van der Waals surface area contributed by atoms with Crippen LogP contribution in [0.5, 0.6) is 0 Å². The summed E-state index contributed by atoms with van der Waals surface area (Å²) in [5, 5.41) is 9.01. The van der Waals surface area contributed by atoms with Crippen molar-refractivity contribution in [1.82, 2.24) is 4.90 Å². The van der Waals surface area contributed by atoms with Gasteiger partial charge in [0.15, 0.2) is 0 Å². The lowest BCUT2D eigenvalue weighted by atomic mass is 10.2. The van der Waals surface area contributed by atoms with Gasteiger partial charge in [0.05, 0.1) is 6.54 Å². The largest absolute Gasteiger partial charge is 0.480 e. The van der Waals surface area contributed by atoms with Crippen LogP contribution in [0.25, 0.3) is 0 Å². The van der Waals surface area contributed by atoms with Crippen molar-refractivity contribution >= 4 is 5.97 Å². The molecule has 0 saturated carbocycles. The zero-order valence-corrected chi connectivity index (χ0v) is 9.60. The molecule has 0 bridgehead atoms. The van der Waals surface area contributed by atoms with E-state index in [4.69, 9.17) is 5.11 Å². The Morgan fingerprint density at radius 1 is 1.41 bits per heavy atom. The second-order valence-electron chi connectivity index (χ2n) is 4.13. The van der Waals surface area contributed by atoms with Gasteiger partial charge in [0.25, 0.3) is 0 Å². The van der Waals surface area contributed by atoms with Crippen LogP contribution in [0, 0.1) is 11.8 Å². The zero-order valence-electron chi connectivity index (χ0n) is 9.60. The highest BCUT2D eigenvalue weighted by molar-refractivity contribution is 5.73. The minimum Gasteiger partial charge on any atom is -0.480 e. The fraction of sp³-hybridized carbons (Fsp3) is 0.357. The number of likely N-dealkylation sites (tertiary alicyclic amines) is 1. The molecular weight excluding hydrogens is 214 g/mol. The van der Waals surface area contributed by atoms with Crippen LogP contribution in [-0.2, 0) is 4.79 Å². The van der Waals surface area contributed by atoms with E-state index in [9.17, 15) is 4.79 Å². The third-order valence-corrected chi connectivity index (χ3v) is 2.94. The topological polar surface area (TPSA) is 40.5 Å². The summed E-state index contributed by atoms with van der Waals surface area (Å²) >= 11 is 0. The molecule has 0 spiro atoms. The number of hydrogen-bond donors (Lipinski definition) is 1. The summed E-state index contributed by atoms with van der Waals surface area (Å²) in [6, 6.07) is 9.39. The molecule has 3 heteroatoms. The molecule has 1 fully saturated rings. The molecule has 1 aromatic carbocycles. The molecule has 3 nitrogen and oxygen atoms in total. The summed E-state index contributed by atoms with van der Waals surface area (Å²) in [5.74, 6) is 5.36. The van der Waals surface area contributed by atoms with Crippen molar-refractivity contribution < 1.29 is 9.90 Å². The van der Waals surface area contributed by atoms with Gasteiger partial charge in [-0.2, -0.15) is 0 Å². The number of hydrogen-bond acceptors (Lipinski definition) is 2. The molecular formula is C14H15NO2. The summed E-state index contributed by atoms with van der Waals surface area (Å²) in [6.07, 6.45) is 1.69. The molecule has 1 aliphatic rings. The van der Waals surface area contributed by atoms with E-state index in [0.29, 0.717) is 6.54 Å². The quantitative estimate of drug-likeness (QED) is 0.783. The van der Waals surface area contributed by atoms with Gasteiger partial charge in [-0.1, -0.05) is 30.0 Å².